The number of aryl methyl sites for hydroxylation is 1. The lowest BCUT2D eigenvalue weighted by Crippen LogP contribution is -2.40. The van der Waals surface area contributed by atoms with Gasteiger partial charge in [-0.25, -0.2) is 0 Å². The van der Waals surface area contributed by atoms with E-state index in [2.05, 4.69) is 12.1 Å². The lowest BCUT2D eigenvalue weighted by atomic mass is 9.93. The lowest BCUT2D eigenvalue weighted by molar-refractivity contribution is -0.137. The van der Waals surface area contributed by atoms with Crippen LogP contribution in [0.3, 0.4) is 0 Å². The minimum absolute atomic E-state index is 0.178. The lowest BCUT2D eigenvalue weighted by Gasteiger charge is -2.32. The highest BCUT2D eigenvalue weighted by Crippen LogP contribution is 2.25. The molecule has 1 atom stereocenters. The van der Waals surface area contributed by atoms with E-state index in [1.54, 1.807) is 0 Å². The summed E-state index contributed by atoms with van der Waals surface area (Å²) in [7, 11) is 0. The number of carboxylic acid groups (broad SMARTS) is 1. The van der Waals surface area contributed by atoms with Crippen molar-refractivity contribution < 1.29 is 19.4 Å². The quantitative estimate of drug-likeness (QED) is 0.747. The Bertz CT molecular complexity index is 639. The Morgan fingerprint density at radius 1 is 1.11 bits per heavy atom. The molecule has 5 heteroatoms. The zero-order chi connectivity index (χ0) is 19.1. The third-order valence-electron chi connectivity index (χ3n) is 5.77. The molecule has 1 saturated heterocycles. The predicted octanol–water partition coefficient (Wildman–Crippen LogP) is 4.04. The molecule has 0 aromatic heterocycles. The van der Waals surface area contributed by atoms with Crippen LogP contribution in [0.2, 0.25) is 0 Å². The van der Waals surface area contributed by atoms with Crippen LogP contribution in [0.25, 0.3) is 0 Å². The zero-order valence-corrected chi connectivity index (χ0v) is 16.1. The van der Waals surface area contributed by atoms with Crippen molar-refractivity contribution in [3.05, 3.63) is 29.8 Å². The van der Waals surface area contributed by atoms with Crippen LogP contribution < -0.4 is 4.74 Å². The number of carbonyl (C=O) groups is 2. The molecule has 1 heterocycles. The molecule has 27 heavy (non-hydrogen) atoms. The summed E-state index contributed by atoms with van der Waals surface area (Å²) < 4.78 is 6.06. The van der Waals surface area contributed by atoms with Gasteiger partial charge in [0.2, 0.25) is 5.91 Å². The van der Waals surface area contributed by atoms with Crippen LogP contribution in [-0.2, 0) is 16.0 Å². The molecule has 2 fully saturated rings. The number of nitrogens with zero attached hydrogens (tertiary/aromatic N) is 1. The van der Waals surface area contributed by atoms with Gasteiger partial charge in [0, 0.05) is 25.9 Å². The standard InChI is InChI=1S/C22H31NO4/c24-21(23-14-4-6-18(16-23)11-13-22(25)26)12-10-17-5-3-9-20(15-17)27-19-7-1-2-8-19/h3,5,9,15,18-19H,1-2,4,6-8,10-14,16H2,(H,25,26). The van der Waals surface area contributed by atoms with Gasteiger partial charge in [0.1, 0.15) is 5.75 Å². The van der Waals surface area contributed by atoms with Crippen molar-refractivity contribution in [1.82, 2.24) is 4.90 Å². The minimum Gasteiger partial charge on any atom is -0.490 e. The Morgan fingerprint density at radius 3 is 2.70 bits per heavy atom. The number of ether oxygens (including phenoxy) is 1. The van der Waals surface area contributed by atoms with E-state index in [4.69, 9.17) is 9.84 Å². The maximum atomic E-state index is 12.6. The van der Waals surface area contributed by atoms with Gasteiger partial charge in [0.15, 0.2) is 0 Å². The molecular weight excluding hydrogens is 342 g/mol. The number of hydrogen-bond acceptors (Lipinski definition) is 3. The fourth-order valence-corrected chi connectivity index (χ4v) is 4.24. The van der Waals surface area contributed by atoms with Crippen LogP contribution in [0, 0.1) is 5.92 Å². The van der Waals surface area contributed by atoms with E-state index < -0.39 is 5.97 Å². The summed E-state index contributed by atoms with van der Waals surface area (Å²) in [6, 6.07) is 8.13. The molecular formula is C22H31NO4. The summed E-state index contributed by atoms with van der Waals surface area (Å²) >= 11 is 0. The van der Waals surface area contributed by atoms with Crippen LogP contribution >= 0.6 is 0 Å². The first kappa shape index (κ1) is 19.7. The number of amides is 1. The molecule has 0 spiro atoms. The normalized spacial score (nSPS) is 20.6. The van der Waals surface area contributed by atoms with E-state index in [1.165, 1.54) is 12.8 Å². The van der Waals surface area contributed by atoms with Crippen LogP contribution in [0.1, 0.15) is 63.4 Å². The van der Waals surface area contributed by atoms with Crippen molar-refractivity contribution in [2.45, 2.75) is 70.3 Å². The average Bonchev–Trinajstić information content (AvgIpc) is 3.18. The molecule has 148 valence electrons. The number of likely N-dealkylation sites (tertiary alicyclic amines) is 1. The first-order valence-corrected chi connectivity index (χ1v) is 10.4. The number of rotatable bonds is 8. The van der Waals surface area contributed by atoms with Gasteiger partial charge in [-0.15, -0.1) is 0 Å². The molecule has 5 nitrogen and oxygen atoms in total. The molecule has 2 aliphatic rings. The molecule has 1 N–H and O–H groups in total. The Hall–Kier alpha value is -2.04. The second-order valence-electron chi connectivity index (χ2n) is 7.95. The van der Waals surface area contributed by atoms with Gasteiger partial charge in [-0.2, -0.15) is 0 Å². The molecule has 1 amide bonds. The monoisotopic (exact) mass is 373 g/mol. The fraction of sp³-hybridized carbons (Fsp3) is 0.636. The minimum atomic E-state index is -0.752. The van der Waals surface area contributed by atoms with E-state index >= 15 is 0 Å². The number of piperidine rings is 1. The number of hydrogen-bond donors (Lipinski definition) is 1. The second-order valence-corrected chi connectivity index (χ2v) is 7.95. The highest BCUT2D eigenvalue weighted by Gasteiger charge is 2.24. The summed E-state index contributed by atoms with van der Waals surface area (Å²) in [6.45, 7) is 1.50. The van der Waals surface area contributed by atoms with E-state index in [1.807, 2.05) is 17.0 Å². The Balaban J connectivity index is 1.46. The Labute approximate surface area is 161 Å². The van der Waals surface area contributed by atoms with E-state index in [9.17, 15) is 9.59 Å². The molecule has 1 aromatic carbocycles. The van der Waals surface area contributed by atoms with Gasteiger partial charge < -0.3 is 14.7 Å². The smallest absolute Gasteiger partial charge is 0.303 e. The van der Waals surface area contributed by atoms with Crippen molar-refractivity contribution in [3.63, 3.8) is 0 Å². The predicted molar refractivity (Wildman–Crippen MR) is 104 cm³/mol. The van der Waals surface area contributed by atoms with Gasteiger partial charge in [-0.05, 0) is 75.0 Å². The summed E-state index contributed by atoms with van der Waals surface area (Å²) in [4.78, 5) is 25.3. The van der Waals surface area contributed by atoms with Crippen LogP contribution in [0.4, 0.5) is 0 Å². The molecule has 3 rings (SSSR count). The molecule has 1 saturated carbocycles. The molecule has 1 aliphatic carbocycles. The third-order valence-corrected chi connectivity index (χ3v) is 5.77. The summed E-state index contributed by atoms with van der Waals surface area (Å²) in [5.74, 6) is 0.663. The maximum Gasteiger partial charge on any atom is 0.303 e. The van der Waals surface area contributed by atoms with Crippen LogP contribution in [-0.4, -0.2) is 41.1 Å². The van der Waals surface area contributed by atoms with Crippen molar-refractivity contribution in [3.8, 4) is 5.75 Å². The highest BCUT2D eigenvalue weighted by atomic mass is 16.5. The van der Waals surface area contributed by atoms with Gasteiger partial charge in [-0.3, -0.25) is 9.59 Å². The van der Waals surface area contributed by atoms with Crippen molar-refractivity contribution in [2.24, 2.45) is 5.92 Å². The maximum absolute atomic E-state index is 12.6. The van der Waals surface area contributed by atoms with Crippen molar-refractivity contribution in [2.75, 3.05) is 13.1 Å². The molecule has 1 aliphatic heterocycles. The van der Waals surface area contributed by atoms with Crippen LogP contribution in [0.5, 0.6) is 5.75 Å². The van der Waals surface area contributed by atoms with Crippen molar-refractivity contribution in [1.29, 1.82) is 0 Å². The van der Waals surface area contributed by atoms with E-state index in [-0.39, 0.29) is 12.3 Å². The Kier molecular flexibility index (Phi) is 7.13. The largest absolute Gasteiger partial charge is 0.490 e. The number of aliphatic carboxylic acids is 1. The van der Waals surface area contributed by atoms with Crippen LogP contribution in [0.15, 0.2) is 24.3 Å². The Morgan fingerprint density at radius 2 is 1.93 bits per heavy atom. The summed E-state index contributed by atoms with van der Waals surface area (Å²) in [6.07, 6.45) is 9.21. The molecule has 0 radical (unpaired) electrons. The highest BCUT2D eigenvalue weighted by molar-refractivity contribution is 5.76. The molecule has 1 aromatic rings. The van der Waals surface area contributed by atoms with Gasteiger partial charge in [0.25, 0.3) is 0 Å². The molecule has 1 unspecified atom stereocenters. The number of benzene rings is 1. The summed E-state index contributed by atoms with van der Waals surface area (Å²) in [5, 5.41) is 8.85. The summed E-state index contributed by atoms with van der Waals surface area (Å²) in [5.41, 5.74) is 1.14. The van der Waals surface area contributed by atoms with E-state index in [0.717, 1.165) is 50.0 Å². The number of carboxylic acids is 1. The first-order valence-electron chi connectivity index (χ1n) is 10.4. The fourth-order valence-electron chi connectivity index (χ4n) is 4.24. The number of carbonyl (C=O) groups excluding carboxylic acids is 1. The average molecular weight is 373 g/mol. The SMILES string of the molecule is O=C(O)CCC1CCCN(C(=O)CCc2cccc(OC3CCCC3)c2)C1. The third kappa shape index (κ3) is 6.26. The molecule has 0 bridgehead atoms. The first-order chi connectivity index (χ1) is 13.1. The zero-order valence-electron chi connectivity index (χ0n) is 16.1. The van der Waals surface area contributed by atoms with Gasteiger partial charge in [-0.1, -0.05) is 12.1 Å². The van der Waals surface area contributed by atoms with Crippen molar-refractivity contribution >= 4 is 11.9 Å². The van der Waals surface area contributed by atoms with E-state index in [0.29, 0.717) is 31.4 Å². The second kappa shape index (κ2) is 9.77. The topological polar surface area (TPSA) is 66.8 Å². The van der Waals surface area contributed by atoms with Gasteiger partial charge in [0.05, 0.1) is 6.10 Å². The van der Waals surface area contributed by atoms with Gasteiger partial charge >= 0.3 is 5.97 Å².